The van der Waals surface area contributed by atoms with Gasteiger partial charge in [-0.2, -0.15) is 0 Å². The first kappa shape index (κ1) is 15.0. The molecule has 18 heavy (non-hydrogen) atoms. The van der Waals surface area contributed by atoms with Crippen molar-refractivity contribution in [3.05, 3.63) is 28.8 Å². The minimum Gasteiger partial charge on any atom is -0.496 e. The van der Waals surface area contributed by atoms with Crippen LogP contribution in [-0.4, -0.2) is 20.2 Å². The van der Waals surface area contributed by atoms with Gasteiger partial charge >= 0.3 is 0 Å². The second-order valence-corrected chi connectivity index (χ2v) is 5.25. The summed E-state index contributed by atoms with van der Waals surface area (Å²) in [6, 6.07) is 4.43. The Labute approximate surface area is 112 Å². The maximum Gasteiger partial charge on any atom is 0.122 e. The van der Waals surface area contributed by atoms with E-state index in [2.05, 4.69) is 52.1 Å². The summed E-state index contributed by atoms with van der Waals surface area (Å²) >= 11 is 0. The van der Waals surface area contributed by atoms with Gasteiger partial charge in [-0.3, -0.25) is 0 Å². The van der Waals surface area contributed by atoms with Crippen LogP contribution in [0.15, 0.2) is 12.1 Å². The van der Waals surface area contributed by atoms with E-state index in [1.807, 2.05) is 0 Å². The second kappa shape index (κ2) is 6.79. The van der Waals surface area contributed by atoms with Crippen LogP contribution >= 0.6 is 0 Å². The van der Waals surface area contributed by atoms with Crippen molar-refractivity contribution in [1.29, 1.82) is 0 Å². The molecule has 0 fully saturated rings. The van der Waals surface area contributed by atoms with Crippen LogP contribution in [0.25, 0.3) is 0 Å². The lowest BCUT2D eigenvalue weighted by molar-refractivity contribution is 0.409. The lowest BCUT2D eigenvalue weighted by Gasteiger charge is -2.23. The van der Waals surface area contributed by atoms with E-state index in [9.17, 15) is 0 Å². The summed E-state index contributed by atoms with van der Waals surface area (Å²) in [4.78, 5) is 0. The molecular formula is C16H27NO. The molecule has 0 aliphatic heterocycles. The fourth-order valence-electron chi connectivity index (χ4n) is 2.38. The van der Waals surface area contributed by atoms with Crippen molar-refractivity contribution in [1.82, 2.24) is 5.32 Å². The normalized spacial score (nSPS) is 14.3. The zero-order chi connectivity index (χ0) is 13.7. The Morgan fingerprint density at radius 1 is 1.17 bits per heavy atom. The molecule has 0 heterocycles. The standard InChI is InChI=1S/C16H27NO/c1-7-17-10-13(4)14(5)15-8-12(3)16(18-6)9-11(15)2/h8-9,13-14,17H,7,10H2,1-6H3. The van der Waals surface area contributed by atoms with E-state index in [-0.39, 0.29) is 0 Å². The van der Waals surface area contributed by atoms with Gasteiger partial charge < -0.3 is 10.1 Å². The van der Waals surface area contributed by atoms with Crippen molar-refractivity contribution in [2.45, 2.75) is 40.5 Å². The third-order valence-electron chi connectivity index (χ3n) is 3.84. The van der Waals surface area contributed by atoms with Gasteiger partial charge in [-0.05, 0) is 61.5 Å². The van der Waals surface area contributed by atoms with E-state index < -0.39 is 0 Å². The molecule has 102 valence electrons. The minimum atomic E-state index is 0.564. The Bertz CT molecular complexity index is 387. The molecule has 0 amide bonds. The van der Waals surface area contributed by atoms with Gasteiger partial charge in [0.1, 0.15) is 5.75 Å². The number of aryl methyl sites for hydroxylation is 2. The molecule has 2 unspecified atom stereocenters. The molecule has 0 aliphatic rings. The van der Waals surface area contributed by atoms with Gasteiger partial charge in [0.15, 0.2) is 0 Å². The molecule has 1 aromatic rings. The average molecular weight is 249 g/mol. The van der Waals surface area contributed by atoms with Gasteiger partial charge in [0.25, 0.3) is 0 Å². The Balaban J connectivity index is 2.91. The molecule has 0 aromatic heterocycles. The SMILES string of the molecule is CCNCC(C)C(C)c1cc(C)c(OC)cc1C. The molecule has 2 heteroatoms. The van der Waals surface area contributed by atoms with E-state index in [1.54, 1.807) is 7.11 Å². The van der Waals surface area contributed by atoms with Gasteiger partial charge in [-0.15, -0.1) is 0 Å². The quantitative estimate of drug-likeness (QED) is 0.830. The van der Waals surface area contributed by atoms with Gasteiger partial charge in [-0.25, -0.2) is 0 Å². The smallest absolute Gasteiger partial charge is 0.122 e. The van der Waals surface area contributed by atoms with Gasteiger partial charge in [0.05, 0.1) is 7.11 Å². The highest BCUT2D eigenvalue weighted by Gasteiger charge is 2.17. The van der Waals surface area contributed by atoms with Crippen molar-refractivity contribution in [2.24, 2.45) is 5.92 Å². The summed E-state index contributed by atoms with van der Waals surface area (Å²) < 4.78 is 5.37. The van der Waals surface area contributed by atoms with E-state index in [0.29, 0.717) is 11.8 Å². The van der Waals surface area contributed by atoms with Gasteiger partial charge in [0, 0.05) is 0 Å². The molecular weight excluding hydrogens is 222 g/mol. The van der Waals surface area contributed by atoms with Crippen LogP contribution in [0, 0.1) is 19.8 Å². The van der Waals surface area contributed by atoms with Crippen LogP contribution in [0.1, 0.15) is 43.4 Å². The van der Waals surface area contributed by atoms with E-state index in [1.165, 1.54) is 16.7 Å². The third-order valence-corrected chi connectivity index (χ3v) is 3.84. The lowest BCUT2D eigenvalue weighted by Crippen LogP contribution is -2.24. The summed E-state index contributed by atoms with van der Waals surface area (Å²) in [7, 11) is 1.73. The number of methoxy groups -OCH3 is 1. The molecule has 1 aromatic carbocycles. The molecule has 2 nitrogen and oxygen atoms in total. The van der Waals surface area contributed by atoms with E-state index in [4.69, 9.17) is 4.74 Å². The first-order valence-corrected chi connectivity index (χ1v) is 6.87. The monoisotopic (exact) mass is 249 g/mol. The highest BCUT2D eigenvalue weighted by molar-refractivity contribution is 5.43. The molecule has 0 bridgehead atoms. The lowest BCUT2D eigenvalue weighted by atomic mass is 9.85. The molecule has 1 N–H and O–H groups in total. The molecule has 0 spiro atoms. The van der Waals surface area contributed by atoms with Gasteiger partial charge in [0.2, 0.25) is 0 Å². The Kier molecular flexibility index (Phi) is 5.67. The predicted molar refractivity (Wildman–Crippen MR) is 78.6 cm³/mol. The van der Waals surface area contributed by atoms with Gasteiger partial charge in [-0.1, -0.05) is 26.8 Å². The van der Waals surface area contributed by atoms with E-state index in [0.717, 1.165) is 18.8 Å². The van der Waals surface area contributed by atoms with Crippen molar-refractivity contribution < 1.29 is 4.74 Å². The van der Waals surface area contributed by atoms with Crippen LogP contribution in [0.2, 0.25) is 0 Å². The van der Waals surface area contributed by atoms with Crippen LogP contribution in [-0.2, 0) is 0 Å². The summed E-state index contributed by atoms with van der Waals surface area (Å²) in [5.41, 5.74) is 3.99. The summed E-state index contributed by atoms with van der Waals surface area (Å²) in [6.07, 6.45) is 0. The second-order valence-electron chi connectivity index (χ2n) is 5.25. The fraction of sp³-hybridized carbons (Fsp3) is 0.625. The maximum atomic E-state index is 5.37. The van der Waals surface area contributed by atoms with Crippen molar-refractivity contribution >= 4 is 0 Å². The first-order chi connectivity index (χ1) is 8.51. The number of hydrogen-bond donors (Lipinski definition) is 1. The topological polar surface area (TPSA) is 21.3 Å². The predicted octanol–water partition coefficient (Wildman–Crippen LogP) is 3.66. The third kappa shape index (κ3) is 3.49. The highest BCUT2D eigenvalue weighted by atomic mass is 16.5. The van der Waals surface area contributed by atoms with Crippen molar-refractivity contribution in [3.63, 3.8) is 0 Å². The summed E-state index contributed by atoms with van der Waals surface area (Å²) in [6.45, 7) is 13.2. The highest BCUT2D eigenvalue weighted by Crippen LogP contribution is 2.31. The Hall–Kier alpha value is -1.02. The molecule has 2 atom stereocenters. The maximum absolute atomic E-state index is 5.37. The molecule has 1 rings (SSSR count). The number of benzene rings is 1. The zero-order valence-electron chi connectivity index (χ0n) is 12.6. The van der Waals surface area contributed by atoms with Crippen LogP contribution in [0.3, 0.4) is 0 Å². The number of hydrogen-bond acceptors (Lipinski definition) is 2. The molecule has 0 radical (unpaired) electrons. The minimum absolute atomic E-state index is 0.564. The first-order valence-electron chi connectivity index (χ1n) is 6.87. The van der Waals surface area contributed by atoms with Crippen LogP contribution < -0.4 is 10.1 Å². The Morgan fingerprint density at radius 2 is 1.83 bits per heavy atom. The summed E-state index contributed by atoms with van der Waals surface area (Å²) in [5, 5.41) is 3.43. The zero-order valence-corrected chi connectivity index (χ0v) is 12.6. The van der Waals surface area contributed by atoms with Crippen molar-refractivity contribution in [2.75, 3.05) is 20.2 Å². The van der Waals surface area contributed by atoms with E-state index >= 15 is 0 Å². The number of nitrogens with one attached hydrogen (secondary N) is 1. The molecule has 0 saturated heterocycles. The van der Waals surface area contributed by atoms with Crippen LogP contribution in [0.5, 0.6) is 5.75 Å². The van der Waals surface area contributed by atoms with Crippen LogP contribution in [0.4, 0.5) is 0 Å². The largest absolute Gasteiger partial charge is 0.496 e. The average Bonchev–Trinajstić information content (AvgIpc) is 2.37. The molecule has 0 saturated carbocycles. The molecule has 0 aliphatic carbocycles. The number of ether oxygens (including phenoxy) is 1. The fourth-order valence-corrected chi connectivity index (χ4v) is 2.38. The Morgan fingerprint density at radius 3 is 2.39 bits per heavy atom. The van der Waals surface area contributed by atoms with Crippen molar-refractivity contribution in [3.8, 4) is 5.75 Å². The number of rotatable bonds is 6. The summed E-state index contributed by atoms with van der Waals surface area (Å²) in [5.74, 6) is 2.19.